The van der Waals surface area contributed by atoms with E-state index >= 15 is 0 Å². The van der Waals surface area contributed by atoms with Crippen molar-refractivity contribution in [2.45, 2.75) is 12.5 Å². The Morgan fingerprint density at radius 2 is 2.16 bits per heavy atom. The van der Waals surface area contributed by atoms with Gasteiger partial charge in [0, 0.05) is 18.7 Å². The first kappa shape index (κ1) is 15.5. The van der Waals surface area contributed by atoms with Crippen LogP contribution in [0, 0.1) is 10.1 Å². The quantitative estimate of drug-likeness (QED) is 0.609. The number of aliphatic hydroxyl groups is 1. The van der Waals surface area contributed by atoms with Crippen LogP contribution in [0.15, 0.2) is 6.07 Å². The normalized spacial score (nSPS) is 12.1. The van der Waals surface area contributed by atoms with Crippen LogP contribution in [0.25, 0.3) is 0 Å². The summed E-state index contributed by atoms with van der Waals surface area (Å²) < 4.78 is 10.0. The lowest BCUT2D eigenvalue weighted by atomic mass is 10.0. The minimum Gasteiger partial charge on any atom is -0.493 e. The van der Waals surface area contributed by atoms with E-state index in [-0.39, 0.29) is 40.8 Å². The van der Waals surface area contributed by atoms with E-state index < -0.39 is 11.0 Å². The molecule has 3 N–H and O–H groups in total. The van der Waals surface area contributed by atoms with Crippen LogP contribution in [0.3, 0.4) is 0 Å². The number of hydrogen-bond donors (Lipinski definition) is 2. The molecule has 1 aromatic rings. The first-order valence-electron chi connectivity index (χ1n) is 5.43. The summed E-state index contributed by atoms with van der Waals surface area (Å²) in [7, 11) is 2.64. The van der Waals surface area contributed by atoms with Crippen molar-refractivity contribution in [3.05, 3.63) is 26.8 Å². The van der Waals surface area contributed by atoms with Gasteiger partial charge in [-0.3, -0.25) is 10.1 Å². The van der Waals surface area contributed by atoms with Gasteiger partial charge >= 0.3 is 5.69 Å². The minimum atomic E-state index is -0.766. The molecule has 8 heteroatoms. The van der Waals surface area contributed by atoms with Crippen LogP contribution in [0.4, 0.5) is 5.69 Å². The number of nitrogens with zero attached hydrogens (tertiary/aromatic N) is 1. The molecule has 1 rings (SSSR count). The molecule has 0 aromatic heterocycles. The Morgan fingerprint density at radius 3 is 2.58 bits per heavy atom. The van der Waals surface area contributed by atoms with Crippen molar-refractivity contribution in [2.75, 3.05) is 20.8 Å². The molecule has 1 aromatic carbocycles. The first-order chi connectivity index (χ1) is 8.97. The zero-order valence-electron chi connectivity index (χ0n) is 10.6. The number of methoxy groups -OCH3 is 2. The summed E-state index contributed by atoms with van der Waals surface area (Å²) in [6, 6.07) is 0.637. The van der Waals surface area contributed by atoms with Gasteiger partial charge in [-0.15, -0.1) is 0 Å². The third-order valence-corrected chi connectivity index (χ3v) is 2.94. The largest absolute Gasteiger partial charge is 0.493 e. The van der Waals surface area contributed by atoms with Gasteiger partial charge in [0.25, 0.3) is 0 Å². The van der Waals surface area contributed by atoms with Gasteiger partial charge in [0.15, 0.2) is 5.75 Å². The van der Waals surface area contributed by atoms with E-state index in [9.17, 15) is 10.1 Å². The van der Waals surface area contributed by atoms with Crippen molar-refractivity contribution in [3.63, 3.8) is 0 Å². The highest BCUT2D eigenvalue weighted by Crippen LogP contribution is 2.45. The van der Waals surface area contributed by atoms with Gasteiger partial charge in [-0.2, -0.15) is 0 Å². The molecule has 1 atom stereocenters. The molecular weight excluding hydrogens is 276 g/mol. The Hall–Kier alpha value is -1.57. The Morgan fingerprint density at radius 1 is 1.53 bits per heavy atom. The summed E-state index contributed by atoms with van der Waals surface area (Å²) in [5, 5.41) is 20.2. The number of aliphatic hydroxyl groups excluding tert-OH is 1. The highest BCUT2D eigenvalue weighted by Gasteiger charge is 2.31. The third-order valence-electron chi connectivity index (χ3n) is 2.63. The lowest BCUT2D eigenvalue weighted by Crippen LogP contribution is -2.15. The number of hydrogen-bond acceptors (Lipinski definition) is 6. The van der Waals surface area contributed by atoms with Gasteiger partial charge in [0.1, 0.15) is 0 Å². The summed E-state index contributed by atoms with van der Waals surface area (Å²) in [6.45, 7) is -0.205. The van der Waals surface area contributed by atoms with E-state index in [4.69, 9.17) is 31.9 Å². The van der Waals surface area contributed by atoms with Crippen molar-refractivity contribution in [2.24, 2.45) is 5.73 Å². The number of nitro groups is 1. The molecule has 0 fully saturated rings. The standard InChI is InChI=1S/C11H15ClN2O5/c1-18-8-5-6(12)9(7(13)3-4-15)10(14(16)17)11(8)19-2/h5,7,15H,3-4,13H2,1-2H3/t7-/m1/s1. The summed E-state index contributed by atoms with van der Waals surface area (Å²) in [5.74, 6) is 0.111. The van der Waals surface area contributed by atoms with Crippen LogP contribution < -0.4 is 15.2 Å². The molecule has 19 heavy (non-hydrogen) atoms. The van der Waals surface area contributed by atoms with Crippen LogP contribution in [-0.4, -0.2) is 30.9 Å². The lowest BCUT2D eigenvalue weighted by Gasteiger charge is -2.16. The highest BCUT2D eigenvalue weighted by atomic mass is 35.5. The van der Waals surface area contributed by atoms with Gasteiger partial charge in [-0.05, 0) is 6.42 Å². The Labute approximate surface area is 115 Å². The second-order valence-corrected chi connectivity index (χ2v) is 4.14. The van der Waals surface area contributed by atoms with Crippen LogP contribution in [0.5, 0.6) is 11.5 Å². The summed E-state index contributed by atoms with van der Waals surface area (Å²) in [6.07, 6.45) is 0.149. The minimum absolute atomic E-state index is 0.0414. The fraction of sp³-hybridized carbons (Fsp3) is 0.455. The fourth-order valence-electron chi connectivity index (χ4n) is 1.78. The molecule has 0 saturated carbocycles. The number of halogens is 1. The van der Waals surface area contributed by atoms with Gasteiger partial charge in [0.05, 0.1) is 29.7 Å². The zero-order valence-corrected chi connectivity index (χ0v) is 11.3. The number of benzene rings is 1. The number of nitrogens with two attached hydrogens (primary N) is 1. The molecule has 0 amide bonds. The monoisotopic (exact) mass is 290 g/mol. The van der Waals surface area contributed by atoms with Crippen molar-refractivity contribution in [1.82, 2.24) is 0 Å². The molecule has 106 valence electrons. The highest BCUT2D eigenvalue weighted by molar-refractivity contribution is 6.32. The van der Waals surface area contributed by atoms with Gasteiger partial charge < -0.3 is 20.3 Å². The maximum absolute atomic E-state index is 11.2. The summed E-state index contributed by atoms with van der Waals surface area (Å²) in [4.78, 5) is 10.6. The number of nitro benzene ring substituents is 1. The van der Waals surface area contributed by atoms with E-state index in [0.717, 1.165) is 0 Å². The fourth-order valence-corrected chi connectivity index (χ4v) is 2.11. The average molecular weight is 291 g/mol. The molecule has 0 saturated heterocycles. The molecule has 0 bridgehead atoms. The SMILES string of the molecule is COc1cc(Cl)c([C@H](N)CCO)c([N+](=O)[O-])c1OC. The van der Waals surface area contributed by atoms with Crippen molar-refractivity contribution in [1.29, 1.82) is 0 Å². The van der Waals surface area contributed by atoms with Gasteiger partial charge in [-0.25, -0.2) is 0 Å². The molecule has 7 nitrogen and oxygen atoms in total. The molecule has 0 aliphatic heterocycles. The molecule has 0 heterocycles. The summed E-state index contributed by atoms with van der Waals surface area (Å²) in [5.41, 5.74) is 5.60. The van der Waals surface area contributed by atoms with Gasteiger partial charge in [0.2, 0.25) is 5.75 Å². The molecule has 0 unspecified atom stereocenters. The molecule has 0 aliphatic carbocycles. The molecular formula is C11H15ClN2O5. The van der Waals surface area contributed by atoms with Gasteiger partial charge in [-0.1, -0.05) is 11.6 Å². The van der Waals surface area contributed by atoms with E-state index in [0.29, 0.717) is 0 Å². The predicted molar refractivity (Wildman–Crippen MR) is 69.8 cm³/mol. The lowest BCUT2D eigenvalue weighted by molar-refractivity contribution is -0.386. The van der Waals surface area contributed by atoms with E-state index in [1.54, 1.807) is 0 Å². The summed E-state index contributed by atoms with van der Waals surface area (Å²) >= 11 is 6.02. The number of rotatable bonds is 6. The van der Waals surface area contributed by atoms with Crippen molar-refractivity contribution < 1.29 is 19.5 Å². The first-order valence-corrected chi connectivity index (χ1v) is 5.80. The topological polar surface area (TPSA) is 108 Å². The maximum atomic E-state index is 11.2. The molecule has 0 spiro atoms. The van der Waals surface area contributed by atoms with E-state index in [1.165, 1.54) is 20.3 Å². The van der Waals surface area contributed by atoms with E-state index in [2.05, 4.69) is 0 Å². The second kappa shape index (κ2) is 6.55. The average Bonchev–Trinajstić information content (AvgIpc) is 2.37. The maximum Gasteiger partial charge on any atom is 0.321 e. The Bertz CT molecular complexity index is 481. The van der Waals surface area contributed by atoms with Crippen LogP contribution in [-0.2, 0) is 0 Å². The Kier molecular flexibility index (Phi) is 5.34. The third kappa shape index (κ3) is 3.06. The number of ether oxygens (including phenoxy) is 2. The zero-order chi connectivity index (χ0) is 14.6. The Balaban J connectivity index is 3.56. The molecule has 0 radical (unpaired) electrons. The van der Waals surface area contributed by atoms with E-state index in [1.807, 2.05) is 0 Å². The van der Waals surface area contributed by atoms with Crippen LogP contribution in [0.1, 0.15) is 18.0 Å². The smallest absolute Gasteiger partial charge is 0.321 e. The molecule has 0 aliphatic rings. The van der Waals surface area contributed by atoms with Crippen LogP contribution >= 0.6 is 11.6 Å². The van der Waals surface area contributed by atoms with Crippen molar-refractivity contribution in [3.8, 4) is 11.5 Å². The second-order valence-electron chi connectivity index (χ2n) is 3.73. The predicted octanol–water partition coefficient (Wildman–Crippen LogP) is 1.65. The van der Waals surface area contributed by atoms with Crippen molar-refractivity contribution >= 4 is 17.3 Å². The van der Waals surface area contributed by atoms with Crippen LogP contribution in [0.2, 0.25) is 5.02 Å².